The van der Waals surface area contributed by atoms with E-state index < -0.39 is 41.4 Å². The SMILES string of the molecule is Cn1cc(C2=CC(=O)NC(c3nc(C(F)(F)F)cs3)N2)c(C(F)(F)F)n1. The fourth-order valence-corrected chi connectivity index (χ4v) is 3.10. The molecule has 0 spiro atoms. The van der Waals surface area contributed by atoms with Crippen LogP contribution in [0.3, 0.4) is 0 Å². The molecule has 3 rings (SSSR count). The zero-order chi connectivity index (χ0) is 19.3. The fourth-order valence-electron chi connectivity index (χ4n) is 2.27. The molecule has 2 aromatic heterocycles. The van der Waals surface area contributed by atoms with Crippen LogP contribution in [0.1, 0.15) is 28.1 Å². The molecular formula is C13H9F6N5OS. The van der Waals surface area contributed by atoms with Gasteiger partial charge in [-0.15, -0.1) is 11.3 Å². The second-order valence-electron chi connectivity index (χ2n) is 5.28. The summed E-state index contributed by atoms with van der Waals surface area (Å²) in [6.45, 7) is 0. The third-order valence-electron chi connectivity index (χ3n) is 3.31. The molecule has 2 aromatic rings. The Kier molecular flexibility index (Phi) is 4.21. The Labute approximate surface area is 145 Å². The van der Waals surface area contributed by atoms with Crippen LogP contribution in [0.4, 0.5) is 26.3 Å². The molecule has 0 saturated carbocycles. The van der Waals surface area contributed by atoms with Crippen molar-refractivity contribution in [2.24, 2.45) is 7.05 Å². The molecule has 1 amide bonds. The minimum absolute atomic E-state index is 0.145. The first-order valence-corrected chi connectivity index (χ1v) is 7.75. The molecule has 3 heterocycles. The maximum absolute atomic E-state index is 13.1. The van der Waals surface area contributed by atoms with Crippen molar-refractivity contribution in [3.63, 3.8) is 0 Å². The maximum atomic E-state index is 13.1. The maximum Gasteiger partial charge on any atom is 0.435 e. The summed E-state index contributed by atoms with van der Waals surface area (Å²) < 4.78 is 78.2. The lowest BCUT2D eigenvalue weighted by Gasteiger charge is -2.25. The Morgan fingerprint density at radius 2 is 1.85 bits per heavy atom. The van der Waals surface area contributed by atoms with Crippen molar-refractivity contribution >= 4 is 22.9 Å². The molecule has 0 bridgehead atoms. The summed E-state index contributed by atoms with van der Waals surface area (Å²) in [4.78, 5) is 15.2. The van der Waals surface area contributed by atoms with Crippen LogP contribution in [0.15, 0.2) is 17.7 Å². The van der Waals surface area contributed by atoms with E-state index in [1.807, 2.05) is 0 Å². The van der Waals surface area contributed by atoms with Gasteiger partial charge in [-0.3, -0.25) is 9.48 Å². The lowest BCUT2D eigenvalue weighted by molar-refractivity contribution is -0.142. The number of thiazole rings is 1. The van der Waals surface area contributed by atoms with E-state index in [0.717, 1.165) is 22.3 Å². The zero-order valence-electron chi connectivity index (χ0n) is 12.7. The Hall–Kier alpha value is -2.57. The van der Waals surface area contributed by atoms with E-state index in [0.29, 0.717) is 11.3 Å². The van der Waals surface area contributed by atoms with Crippen molar-refractivity contribution in [2.45, 2.75) is 18.5 Å². The molecular weight excluding hydrogens is 388 g/mol. The van der Waals surface area contributed by atoms with Gasteiger partial charge >= 0.3 is 12.4 Å². The molecule has 1 aliphatic rings. The van der Waals surface area contributed by atoms with E-state index in [4.69, 9.17) is 0 Å². The Morgan fingerprint density at radius 1 is 1.15 bits per heavy atom. The van der Waals surface area contributed by atoms with E-state index in [9.17, 15) is 31.1 Å². The van der Waals surface area contributed by atoms with Crippen LogP contribution in [0.2, 0.25) is 0 Å². The number of carbonyl (C=O) groups excluding carboxylic acids is 1. The molecule has 1 atom stereocenters. The molecule has 0 aliphatic carbocycles. The van der Waals surface area contributed by atoms with Crippen LogP contribution in [-0.2, 0) is 24.2 Å². The molecule has 1 unspecified atom stereocenters. The molecule has 0 fully saturated rings. The van der Waals surface area contributed by atoms with E-state index in [2.05, 4.69) is 20.7 Å². The van der Waals surface area contributed by atoms with E-state index in [1.165, 1.54) is 7.05 Å². The number of nitrogens with zero attached hydrogens (tertiary/aromatic N) is 3. The number of halogens is 6. The monoisotopic (exact) mass is 397 g/mol. The summed E-state index contributed by atoms with van der Waals surface area (Å²) in [7, 11) is 1.27. The fraction of sp³-hybridized carbons (Fsp3) is 0.308. The van der Waals surface area contributed by atoms with Gasteiger partial charge in [-0.1, -0.05) is 0 Å². The molecule has 1 aliphatic heterocycles. The first-order valence-electron chi connectivity index (χ1n) is 6.87. The number of amides is 1. The van der Waals surface area contributed by atoms with Crippen molar-refractivity contribution in [2.75, 3.05) is 0 Å². The van der Waals surface area contributed by atoms with Crippen molar-refractivity contribution in [1.82, 2.24) is 25.4 Å². The van der Waals surface area contributed by atoms with Gasteiger partial charge in [0.1, 0.15) is 5.01 Å². The smallest absolute Gasteiger partial charge is 0.359 e. The van der Waals surface area contributed by atoms with Gasteiger partial charge in [0.15, 0.2) is 17.6 Å². The number of rotatable bonds is 2. The number of alkyl halides is 6. The van der Waals surface area contributed by atoms with Crippen LogP contribution in [0.5, 0.6) is 0 Å². The van der Waals surface area contributed by atoms with Gasteiger partial charge in [0, 0.05) is 30.3 Å². The lowest BCUT2D eigenvalue weighted by atomic mass is 10.1. The number of carbonyl (C=O) groups is 1. The molecule has 0 aromatic carbocycles. The van der Waals surface area contributed by atoms with Crippen molar-refractivity contribution in [3.05, 3.63) is 39.6 Å². The van der Waals surface area contributed by atoms with Crippen LogP contribution in [0, 0.1) is 0 Å². The summed E-state index contributed by atoms with van der Waals surface area (Å²) in [5, 5.41) is 8.82. The third kappa shape index (κ3) is 3.52. The first kappa shape index (κ1) is 18.2. The lowest BCUT2D eigenvalue weighted by Crippen LogP contribution is -2.41. The molecule has 0 saturated heterocycles. The van der Waals surface area contributed by atoms with Crippen molar-refractivity contribution in [3.8, 4) is 0 Å². The van der Waals surface area contributed by atoms with Gasteiger partial charge in [-0.2, -0.15) is 31.4 Å². The topological polar surface area (TPSA) is 71.8 Å². The van der Waals surface area contributed by atoms with Crippen molar-refractivity contribution < 1.29 is 31.1 Å². The number of nitrogens with one attached hydrogen (secondary N) is 2. The van der Waals surface area contributed by atoms with E-state index in [1.54, 1.807) is 0 Å². The average molecular weight is 397 g/mol. The largest absolute Gasteiger partial charge is 0.435 e. The summed E-state index contributed by atoms with van der Waals surface area (Å²) in [5.74, 6) is -0.774. The Balaban J connectivity index is 1.94. The summed E-state index contributed by atoms with van der Waals surface area (Å²) in [6, 6.07) is 0. The third-order valence-corrected chi connectivity index (χ3v) is 4.22. The number of aromatic nitrogens is 3. The predicted octanol–water partition coefficient (Wildman–Crippen LogP) is 2.67. The van der Waals surface area contributed by atoms with Gasteiger partial charge < -0.3 is 10.6 Å². The van der Waals surface area contributed by atoms with Gasteiger partial charge in [0.25, 0.3) is 0 Å². The molecule has 6 nitrogen and oxygen atoms in total. The number of hydrogen-bond donors (Lipinski definition) is 2. The average Bonchev–Trinajstić information content (AvgIpc) is 3.12. The summed E-state index contributed by atoms with van der Waals surface area (Å²) >= 11 is 0.619. The highest BCUT2D eigenvalue weighted by Gasteiger charge is 2.39. The Morgan fingerprint density at radius 3 is 2.42 bits per heavy atom. The van der Waals surface area contributed by atoms with Crippen LogP contribution in [0.25, 0.3) is 5.70 Å². The number of aryl methyl sites for hydroxylation is 1. The quantitative estimate of drug-likeness (QED) is 0.765. The molecule has 26 heavy (non-hydrogen) atoms. The highest BCUT2D eigenvalue weighted by molar-refractivity contribution is 7.09. The molecule has 140 valence electrons. The van der Waals surface area contributed by atoms with Crippen LogP contribution >= 0.6 is 11.3 Å². The van der Waals surface area contributed by atoms with Gasteiger partial charge in [-0.25, -0.2) is 4.98 Å². The Bertz CT molecular complexity index is 880. The van der Waals surface area contributed by atoms with Crippen LogP contribution in [-0.4, -0.2) is 20.7 Å². The highest BCUT2D eigenvalue weighted by atomic mass is 32.1. The summed E-state index contributed by atoms with van der Waals surface area (Å²) in [5.41, 5.74) is -2.99. The van der Waals surface area contributed by atoms with E-state index >= 15 is 0 Å². The predicted molar refractivity (Wildman–Crippen MR) is 77.3 cm³/mol. The standard InChI is InChI=1S/C13H9F6N5OS/c1-24-3-5(9(23-24)13(17,18)19)6-2-8(25)22-10(20-6)11-21-7(4-26-11)12(14,15)16/h2-4,10,20H,1H3,(H,22,25). The second kappa shape index (κ2) is 6.00. The highest BCUT2D eigenvalue weighted by Crippen LogP contribution is 2.35. The minimum Gasteiger partial charge on any atom is -0.359 e. The zero-order valence-corrected chi connectivity index (χ0v) is 13.6. The van der Waals surface area contributed by atoms with Gasteiger partial charge in [0.05, 0.1) is 5.70 Å². The summed E-state index contributed by atoms with van der Waals surface area (Å²) in [6.07, 6.45) is -8.71. The second-order valence-corrected chi connectivity index (χ2v) is 6.17. The molecule has 2 N–H and O–H groups in total. The number of hydrogen-bond acceptors (Lipinski definition) is 5. The van der Waals surface area contributed by atoms with Gasteiger partial charge in [-0.05, 0) is 0 Å². The first-order chi connectivity index (χ1) is 11.9. The van der Waals surface area contributed by atoms with E-state index in [-0.39, 0.29) is 10.7 Å². The molecule has 0 radical (unpaired) electrons. The van der Waals surface area contributed by atoms with Gasteiger partial charge in [0.2, 0.25) is 5.91 Å². The van der Waals surface area contributed by atoms with Crippen LogP contribution < -0.4 is 10.6 Å². The minimum atomic E-state index is -4.77. The normalized spacial score (nSPS) is 18.3. The molecule has 13 heteroatoms. The van der Waals surface area contributed by atoms with Crippen molar-refractivity contribution in [1.29, 1.82) is 0 Å².